The van der Waals surface area contributed by atoms with Gasteiger partial charge in [-0.1, -0.05) is 17.7 Å². The van der Waals surface area contributed by atoms with Crippen molar-refractivity contribution in [3.63, 3.8) is 0 Å². The van der Waals surface area contributed by atoms with E-state index in [2.05, 4.69) is 10.6 Å². The van der Waals surface area contributed by atoms with Crippen molar-refractivity contribution >= 4 is 35.1 Å². The largest absolute Gasteiger partial charge is 0.467 e. The number of aryl methyl sites for hydroxylation is 1. The lowest BCUT2D eigenvalue weighted by Gasteiger charge is -2.12. The fourth-order valence-electron chi connectivity index (χ4n) is 2.70. The molecule has 0 spiro atoms. The summed E-state index contributed by atoms with van der Waals surface area (Å²) in [4.78, 5) is 37.6. The summed E-state index contributed by atoms with van der Waals surface area (Å²) in [6.45, 7) is 1.93. The number of nitrogens with one attached hydrogen (secondary N) is 2. The summed E-state index contributed by atoms with van der Waals surface area (Å²) < 4.78 is 5.16. The summed E-state index contributed by atoms with van der Waals surface area (Å²) in [5.74, 6) is -0.0941. The Balaban J connectivity index is 1.54. The molecule has 0 aliphatic carbocycles. The number of furan rings is 1. The van der Waals surface area contributed by atoms with Gasteiger partial charge in [-0.3, -0.25) is 14.5 Å². The molecule has 1 aliphatic rings. The molecule has 2 aromatic rings. The van der Waals surface area contributed by atoms with Gasteiger partial charge in [0.25, 0.3) is 5.91 Å². The molecule has 0 radical (unpaired) electrons. The van der Waals surface area contributed by atoms with Crippen LogP contribution < -0.4 is 10.6 Å². The van der Waals surface area contributed by atoms with E-state index in [1.807, 2.05) is 13.0 Å². The molecular formula is C18H18ClN3O4. The molecule has 3 rings (SSSR count). The summed E-state index contributed by atoms with van der Waals surface area (Å²) in [6, 6.07) is 7.40. The van der Waals surface area contributed by atoms with Crippen LogP contribution in [0.5, 0.6) is 0 Å². The van der Waals surface area contributed by atoms with Crippen LogP contribution in [-0.4, -0.2) is 28.8 Å². The molecule has 8 heteroatoms. The Kier molecular flexibility index (Phi) is 5.27. The number of nitrogens with zero attached hydrogens (tertiary/aromatic N) is 1. The van der Waals surface area contributed by atoms with Crippen LogP contribution in [0, 0.1) is 6.92 Å². The van der Waals surface area contributed by atoms with Gasteiger partial charge in [-0.05, 0) is 43.2 Å². The van der Waals surface area contributed by atoms with Gasteiger partial charge in [0.05, 0.1) is 12.8 Å². The third-order valence-corrected chi connectivity index (χ3v) is 4.37. The lowest BCUT2D eigenvalue weighted by Crippen LogP contribution is -2.31. The first kappa shape index (κ1) is 18.0. The maximum Gasteiger partial charge on any atom is 0.325 e. The second-order valence-corrected chi connectivity index (χ2v) is 6.49. The number of benzene rings is 1. The molecule has 1 fully saturated rings. The van der Waals surface area contributed by atoms with E-state index in [4.69, 9.17) is 16.0 Å². The molecule has 1 aromatic carbocycles. The normalized spacial score (nSPS) is 16.7. The van der Waals surface area contributed by atoms with Crippen molar-refractivity contribution in [2.75, 3.05) is 5.32 Å². The first-order chi connectivity index (χ1) is 12.4. The molecule has 1 atom stereocenters. The van der Waals surface area contributed by atoms with Gasteiger partial charge in [-0.15, -0.1) is 0 Å². The molecule has 0 bridgehead atoms. The van der Waals surface area contributed by atoms with Crippen molar-refractivity contribution < 1.29 is 18.8 Å². The first-order valence-electron chi connectivity index (χ1n) is 8.14. The molecule has 136 valence electrons. The fraction of sp³-hybridized carbons (Fsp3) is 0.278. The van der Waals surface area contributed by atoms with Crippen LogP contribution in [0.3, 0.4) is 0 Å². The molecule has 2 N–H and O–H groups in total. The van der Waals surface area contributed by atoms with Crippen LogP contribution in [0.25, 0.3) is 0 Å². The molecule has 0 saturated carbocycles. The number of carbonyl (C=O) groups is 3. The number of rotatable bonds is 6. The number of hydrogen-bond acceptors (Lipinski definition) is 4. The van der Waals surface area contributed by atoms with E-state index < -0.39 is 12.1 Å². The van der Waals surface area contributed by atoms with Gasteiger partial charge < -0.3 is 15.1 Å². The van der Waals surface area contributed by atoms with Gasteiger partial charge in [-0.2, -0.15) is 0 Å². The second kappa shape index (κ2) is 7.61. The van der Waals surface area contributed by atoms with Gasteiger partial charge in [0.1, 0.15) is 11.8 Å². The number of carbonyl (C=O) groups excluding carboxylic acids is 3. The maximum atomic E-state index is 12.4. The first-order valence-corrected chi connectivity index (χ1v) is 8.52. The monoisotopic (exact) mass is 375 g/mol. The van der Waals surface area contributed by atoms with Gasteiger partial charge in [-0.25, -0.2) is 4.79 Å². The lowest BCUT2D eigenvalue weighted by molar-refractivity contribution is -0.128. The molecule has 1 saturated heterocycles. The van der Waals surface area contributed by atoms with Gasteiger partial charge in [0.15, 0.2) is 0 Å². The van der Waals surface area contributed by atoms with E-state index in [9.17, 15) is 14.4 Å². The smallest absolute Gasteiger partial charge is 0.325 e. The van der Waals surface area contributed by atoms with Crippen LogP contribution in [0.15, 0.2) is 41.0 Å². The zero-order valence-electron chi connectivity index (χ0n) is 14.1. The van der Waals surface area contributed by atoms with E-state index in [1.54, 1.807) is 24.3 Å². The topological polar surface area (TPSA) is 91.7 Å². The number of amides is 4. The van der Waals surface area contributed by atoms with E-state index in [-0.39, 0.29) is 31.2 Å². The van der Waals surface area contributed by atoms with E-state index in [0.717, 1.165) is 10.5 Å². The Morgan fingerprint density at radius 3 is 2.88 bits per heavy atom. The number of imide groups is 1. The number of halogens is 1. The summed E-state index contributed by atoms with van der Waals surface area (Å²) in [5.41, 5.74) is 1.52. The Morgan fingerprint density at radius 1 is 1.35 bits per heavy atom. The quantitative estimate of drug-likeness (QED) is 0.759. The Morgan fingerprint density at radius 2 is 2.15 bits per heavy atom. The van der Waals surface area contributed by atoms with Gasteiger partial charge in [0, 0.05) is 17.1 Å². The van der Waals surface area contributed by atoms with Crippen LogP contribution in [0.1, 0.15) is 24.2 Å². The molecule has 0 unspecified atom stereocenters. The summed E-state index contributed by atoms with van der Waals surface area (Å²) >= 11 is 5.93. The molecule has 1 aliphatic heterocycles. The minimum Gasteiger partial charge on any atom is -0.467 e. The summed E-state index contributed by atoms with van der Waals surface area (Å²) in [6.07, 6.45) is 1.79. The Hall–Kier alpha value is -2.80. The number of hydrogen-bond donors (Lipinski definition) is 2. The van der Waals surface area contributed by atoms with Crippen molar-refractivity contribution in [1.29, 1.82) is 0 Å². The zero-order valence-corrected chi connectivity index (χ0v) is 14.9. The highest BCUT2D eigenvalue weighted by Gasteiger charge is 2.38. The average molecular weight is 376 g/mol. The average Bonchev–Trinajstić information content (AvgIpc) is 3.20. The predicted octanol–water partition coefficient (Wildman–Crippen LogP) is 3.08. The lowest BCUT2D eigenvalue weighted by atomic mass is 10.1. The van der Waals surface area contributed by atoms with Gasteiger partial charge in [0.2, 0.25) is 5.91 Å². The standard InChI is InChI=1S/C18H18ClN3O4/c1-11-4-5-12(19)9-15(11)20-16(23)7-6-14-17(24)22(18(25)21-14)10-13-3-2-8-26-13/h2-5,8-9,14H,6-7,10H2,1H3,(H,20,23)(H,21,25)/t14-/m1/s1. The Bertz CT molecular complexity index is 835. The predicted molar refractivity (Wildman–Crippen MR) is 95.6 cm³/mol. The molecule has 26 heavy (non-hydrogen) atoms. The van der Waals surface area contributed by atoms with E-state index in [0.29, 0.717) is 16.5 Å². The highest BCUT2D eigenvalue weighted by atomic mass is 35.5. The summed E-state index contributed by atoms with van der Waals surface area (Å²) in [5, 5.41) is 5.90. The third-order valence-electron chi connectivity index (χ3n) is 4.13. The molecular weight excluding hydrogens is 358 g/mol. The van der Waals surface area contributed by atoms with Crippen LogP contribution >= 0.6 is 11.6 Å². The minimum atomic E-state index is -0.719. The number of anilines is 1. The Labute approximate surface area is 155 Å². The van der Waals surface area contributed by atoms with Crippen LogP contribution in [0.2, 0.25) is 5.02 Å². The molecule has 1 aromatic heterocycles. The van der Waals surface area contributed by atoms with Gasteiger partial charge >= 0.3 is 6.03 Å². The van der Waals surface area contributed by atoms with Crippen molar-refractivity contribution in [2.45, 2.75) is 32.4 Å². The van der Waals surface area contributed by atoms with Crippen molar-refractivity contribution in [2.24, 2.45) is 0 Å². The third kappa shape index (κ3) is 4.05. The molecule has 4 amide bonds. The highest BCUT2D eigenvalue weighted by Crippen LogP contribution is 2.21. The second-order valence-electron chi connectivity index (χ2n) is 6.05. The van der Waals surface area contributed by atoms with Crippen LogP contribution in [0.4, 0.5) is 10.5 Å². The molecule has 7 nitrogen and oxygen atoms in total. The van der Waals surface area contributed by atoms with E-state index in [1.165, 1.54) is 6.26 Å². The van der Waals surface area contributed by atoms with Crippen molar-refractivity contribution in [3.05, 3.63) is 52.9 Å². The van der Waals surface area contributed by atoms with Crippen molar-refractivity contribution in [1.82, 2.24) is 10.2 Å². The van der Waals surface area contributed by atoms with E-state index >= 15 is 0 Å². The highest BCUT2D eigenvalue weighted by molar-refractivity contribution is 6.31. The minimum absolute atomic E-state index is 0.0715. The summed E-state index contributed by atoms with van der Waals surface area (Å²) in [7, 11) is 0. The van der Waals surface area contributed by atoms with Crippen LogP contribution in [-0.2, 0) is 16.1 Å². The fourth-order valence-corrected chi connectivity index (χ4v) is 2.87. The van der Waals surface area contributed by atoms with Crippen molar-refractivity contribution in [3.8, 4) is 0 Å². The maximum absolute atomic E-state index is 12.4. The SMILES string of the molecule is Cc1ccc(Cl)cc1NC(=O)CC[C@H]1NC(=O)N(Cc2ccco2)C1=O. The number of urea groups is 1. The molecule has 2 heterocycles. The zero-order chi connectivity index (χ0) is 18.7.